The van der Waals surface area contributed by atoms with Crippen molar-refractivity contribution in [2.24, 2.45) is 5.92 Å². The molecular weight excluding hydrogens is 224 g/mol. The van der Waals surface area contributed by atoms with Crippen molar-refractivity contribution in [3.8, 4) is 0 Å². The van der Waals surface area contributed by atoms with E-state index in [1.54, 1.807) is 0 Å². The zero-order valence-corrected chi connectivity index (χ0v) is 11.1. The molecule has 16 heavy (non-hydrogen) atoms. The predicted molar refractivity (Wildman–Crippen MR) is 65.4 cm³/mol. The van der Waals surface area contributed by atoms with E-state index in [0.29, 0.717) is 12.0 Å². The van der Waals surface area contributed by atoms with Crippen LogP contribution in [-0.4, -0.2) is 46.4 Å². The monoisotopic (exact) mass is 244 g/mol. The summed E-state index contributed by atoms with van der Waals surface area (Å²) in [5.41, 5.74) is -0.167. The molecule has 2 aliphatic heterocycles. The van der Waals surface area contributed by atoms with Gasteiger partial charge < -0.3 is 4.90 Å². The van der Waals surface area contributed by atoms with E-state index in [1.807, 2.05) is 4.90 Å². The lowest BCUT2D eigenvalue weighted by molar-refractivity contribution is -0.155. The highest BCUT2D eigenvalue weighted by Crippen LogP contribution is 2.38. The van der Waals surface area contributed by atoms with Crippen LogP contribution >= 0.6 is 11.6 Å². The summed E-state index contributed by atoms with van der Waals surface area (Å²) in [6.07, 6.45) is 2.52. The second kappa shape index (κ2) is 4.19. The van der Waals surface area contributed by atoms with Gasteiger partial charge in [-0.25, -0.2) is 0 Å². The largest absolute Gasteiger partial charge is 0.323 e. The number of carbonyl (C=O) groups is 1. The predicted octanol–water partition coefficient (Wildman–Crippen LogP) is 1.90. The molecule has 92 valence electrons. The van der Waals surface area contributed by atoms with Crippen molar-refractivity contribution in [1.29, 1.82) is 0 Å². The maximum Gasteiger partial charge on any atom is 0.238 e. The average Bonchev–Trinajstić information content (AvgIpc) is 2.72. The Balaban J connectivity index is 2.25. The van der Waals surface area contributed by atoms with Crippen LogP contribution in [0.1, 0.15) is 33.6 Å². The van der Waals surface area contributed by atoms with E-state index in [-0.39, 0.29) is 17.5 Å². The van der Waals surface area contributed by atoms with E-state index in [0.717, 1.165) is 13.1 Å². The summed E-state index contributed by atoms with van der Waals surface area (Å²) in [6.45, 7) is 8.48. The number of fused-ring (bicyclic) bond motifs is 1. The Labute approximate surface area is 103 Å². The highest BCUT2D eigenvalue weighted by Gasteiger charge is 2.48. The lowest BCUT2D eigenvalue weighted by Crippen LogP contribution is -2.67. The van der Waals surface area contributed by atoms with Crippen LogP contribution in [0.25, 0.3) is 0 Å². The van der Waals surface area contributed by atoms with Crippen LogP contribution in [0, 0.1) is 5.92 Å². The molecule has 4 heteroatoms. The van der Waals surface area contributed by atoms with Crippen molar-refractivity contribution in [1.82, 2.24) is 9.80 Å². The highest BCUT2D eigenvalue weighted by atomic mass is 35.5. The second-order valence-corrected chi connectivity index (χ2v) is 5.78. The molecule has 0 bridgehead atoms. The fourth-order valence-corrected chi connectivity index (χ4v) is 3.48. The maximum absolute atomic E-state index is 11.9. The van der Waals surface area contributed by atoms with Crippen molar-refractivity contribution in [3.05, 3.63) is 0 Å². The van der Waals surface area contributed by atoms with E-state index < -0.39 is 0 Å². The van der Waals surface area contributed by atoms with Gasteiger partial charge in [0.2, 0.25) is 5.91 Å². The zero-order valence-electron chi connectivity index (χ0n) is 10.4. The molecule has 0 aromatic heterocycles. The van der Waals surface area contributed by atoms with Gasteiger partial charge in [-0.1, -0.05) is 6.92 Å². The van der Waals surface area contributed by atoms with Gasteiger partial charge in [0.15, 0.2) is 0 Å². The van der Waals surface area contributed by atoms with Crippen LogP contribution in [0.2, 0.25) is 0 Å². The molecular formula is C12H21ClN2O. The van der Waals surface area contributed by atoms with E-state index in [2.05, 4.69) is 25.7 Å². The van der Waals surface area contributed by atoms with Crippen molar-refractivity contribution < 1.29 is 4.79 Å². The van der Waals surface area contributed by atoms with Gasteiger partial charge in [0, 0.05) is 19.1 Å². The van der Waals surface area contributed by atoms with Gasteiger partial charge >= 0.3 is 0 Å². The Hall–Kier alpha value is -0.280. The summed E-state index contributed by atoms with van der Waals surface area (Å²) in [4.78, 5) is 16.3. The number of hydrogen-bond donors (Lipinski definition) is 0. The second-order valence-electron chi connectivity index (χ2n) is 5.51. The Kier molecular flexibility index (Phi) is 3.19. The summed E-state index contributed by atoms with van der Waals surface area (Å²) in [6, 6.07) is 0.648. The molecule has 0 spiro atoms. The number of amides is 1. The van der Waals surface area contributed by atoms with E-state index in [9.17, 15) is 4.79 Å². The molecule has 2 saturated heterocycles. The SMILES string of the molecule is CC1CN(C(=O)CCl)C(C)(C)N2CCCC12. The molecule has 0 aliphatic carbocycles. The first-order valence-electron chi connectivity index (χ1n) is 6.11. The third-order valence-corrected chi connectivity index (χ3v) is 4.43. The Morgan fingerprint density at radius 2 is 2.19 bits per heavy atom. The summed E-state index contributed by atoms with van der Waals surface area (Å²) < 4.78 is 0. The lowest BCUT2D eigenvalue weighted by atomic mass is 9.91. The molecule has 3 nitrogen and oxygen atoms in total. The van der Waals surface area contributed by atoms with E-state index in [1.165, 1.54) is 12.8 Å². The first-order chi connectivity index (χ1) is 7.48. The highest BCUT2D eigenvalue weighted by molar-refractivity contribution is 6.27. The minimum Gasteiger partial charge on any atom is -0.323 e. The topological polar surface area (TPSA) is 23.6 Å². The normalized spacial score (nSPS) is 33.9. The number of halogens is 1. The van der Waals surface area contributed by atoms with Gasteiger partial charge in [-0.2, -0.15) is 0 Å². The van der Waals surface area contributed by atoms with Crippen LogP contribution in [0.5, 0.6) is 0 Å². The van der Waals surface area contributed by atoms with Gasteiger partial charge in [0.1, 0.15) is 5.88 Å². The third-order valence-electron chi connectivity index (χ3n) is 4.21. The van der Waals surface area contributed by atoms with Gasteiger partial charge in [0.05, 0.1) is 5.66 Å². The minimum atomic E-state index is -0.167. The van der Waals surface area contributed by atoms with Crippen LogP contribution in [0.15, 0.2) is 0 Å². The number of rotatable bonds is 1. The maximum atomic E-state index is 11.9. The van der Waals surface area contributed by atoms with Crippen LogP contribution < -0.4 is 0 Å². The van der Waals surface area contributed by atoms with Crippen molar-refractivity contribution >= 4 is 17.5 Å². The molecule has 2 rings (SSSR count). The molecule has 0 saturated carbocycles. The van der Waals surface area contributed by atoms with E-state index in [4.69, 9.17) is 11.6 Å². The molecule has 0 aromatic rings. The van der Waals surface area contributed by atoms with Gasteiger partial charge in [-0.15, -0.1) is 11.6 Å². The zero-order chi connectivity index (χ0) is 11.9. The van der Waals surface area contributed by atoms with Gasteiger partial charge in [-0.05, 0) is 32.6 Å². The molecule has 2 heterocycles. The molecule has 1 amide bonds. The minimum absolute atomic E-state index is 0.0591. The molecule has 0 aromatic carbocycles. The Morgan fingerprint density at radius 1 is 1.50 bits per heavy atom. The Bertz CT molecular complexity index is 293. The fraction of sp³-hybridized carbons (Fsp3) is 0.917. The Morgan fingerprint density at radius 3 is 2.81 bits per heavy atom. The van der Waals surface area contributed by atoms with E-state index >= 15 is 0 Å². The lowest BCUT2D eigenvalue weighted by Gasteiger charge is -2.54. The van der Waals surface area contributed by atoms with Crippen LogP contribution in [0.4, 0.5) is 0 Å². The fourth-order valence-electron chi connectivity index (χ4n) is 3.33. The molecule has 2 aliphatic rings. The van der Waals surface area contributed by atoms with Gasteiger partial charge in [0.25, 0.3) is 0 Å². The third kappa shape index (κ3) is 1.74. The number of hydrogen-bond acceptors (Lipinski definition) is 2. The van der Waals surface area contributed by atoms with Crippen molar-refractivity contribution in [2.75, 3.05) is 19.0 Å². The summed E-state index contributed by atoms with van der Waals surface area (Å²) in [5, 5.41) is 0. The summed E-state index contributed by atoms with van der Waals surface area (Å²) in [5.74, 6) is 0.709. The molecule has 2 unspecified atom stereocenters. The standard InChI is InChI=1S/C12H21ClN2O/c1-9-8-15(11(16)7-13)12(2,3)14-6-4-5-10(9)14/h9-10H,4-8H2,1-3H3. The smallest absolute Gasteiger partial charge is 0.238 e. The molecule has 2 atom stereocenters. The average molecular weight is 245 g/mol. The quantitative estimate of drug-likeness (QED) is 0.658. The molecule has 2 fully saturated rings. The number of alkyl halides is 1. The summed E-state index contributed by atoms with van der Waals surface area (Å²) >= 11 is 5.69. The van der Waals surface area contributed by atoms with Gasteiger partial charge in [-0.3, -0.25) is 9.69 Å². The number of nitrogens with zero attached hydrogens (tertiary/aromatic N) is 2. The summed E-state index contributed by atoms with van der Waals surface area (Å²) in [7, 11) is 0. The first kappa shape index (κ1) is 12.2. The first-order valence-corrected chi connectivity index (χ1v) is 6.65. The molecule has 0 radical (unpaired) electrons. The van der Waals surface area contributed by atoms with Crippen molar-refractivity contribution in [2.45, 2.75) is 45.3 Å². The van der Waals surface area contributed by atoms with Crippen LogP contribution in [0.3, 0.4) is 0 Å². The van der Waals surface area contributed by atoms with Crippen LogP contribution in [-0.2, 0) is 4.79 Å². The molecule has 0 N–H and O–H groups in total. The van der Waals surface area contributed by atoms with Crippen molar-refractivity contribution in [3.63, 3.8) is 0 Å². The number of carbonyl (C=O) groups excluding carboxylic acids is 1.